The van der Waals surface area contributed by atoms with E-state index in [1.165, 1.54) is 7.11 Å². The molecule has 0 radical (unpaired) electrons. The first-order chi connectivity index (χ1) is 15.1. The van der Waals surface area contributed by atoms with Gasteiger partial charge in [-0.1, -0.05) is 0 Å². The predicted octanol–water partition coefficient (Wildman–Crippen LogP) is 4.99. The number of ether oxygens (including phenoxy) is 1. The minimum atomic E-state index is -3.90. The molecule has 4 rings (SSSR count). The van der Waals surface area contributed by atoms with Crippen LogP contribution in [0.1, 0.15) is 15.9 Å². The van der Waals surface area contributed by atoms with Crippen molar-refractivity contribution >= 4 is 45.7 Å². The number of carbonyl (C=O) groups is 1. The van der Waals surface area contributed by atoms with Crippen molar-refractivity contribution in [3.05, 3.63) is 126 Å². The summed E-state index contributed by atoms with van der Waals surface area (Å²) in [6.07, 6.45) is 0.370. The Morgan fingerprint density at radius 3 is 1.56 bits per heavy atom. The Morgan fingerprint density at radius 2 is 1.16 bits per heavy atom. The van der Waals surface area contributed by atoms with E-state index in [9.17, 15) is 9.69 Å². The van der Waals surface area contributed by atoms with Crippen molar-refractivity contribution in [1.82, 2.24) is 0 Å². The summed E-state index contributed by atoms with van der Waals surface area (Å²) in [6, 6.07) is 37.0. The number of esters is 1. The van der Waals surface area contributed by atoms with E-state index in [1.54, 1.807) is 6.07 Å². The Bertz CT molecular complexity index is 1080. The molecule has 0 aromatic heterocycles. The van der Waals surface area contributed by atoms with Gasteiger partial charge in [0.1, 0.15) is 0 Å². The first-order valence-corrected chi connectivity index (χ1v) is 12.5. The van der Waals surface area contributed by atoms with Crippen molar-refractivity contribution in [3.8, 4) is 0 Å². The molecule has 0 aliphatic rings. The molecule has 0 saturated carbocycles. The molecule has 0 atom stereocenters. The molecule has 3 nitrogen and oxygen atoms in total. The second-order valence-electron chi connectivity index (χ2n) is 7.61. The molecule has 0 bridgehead atoms. The predicted molar refractivity (Wildman–Crippen MR) is 139 cm³/mol. The van der Waals surface area contributed by atoms with Crippen LogP contribution in [0.25, 0.3) is 0 Å². The molecular weight excluding hydrogens is 483 g/mol. The zero-order valence-corrected chi connectivity index (χ0v) is 20.4. The Morgan fingerprint density at radius 1 is 0.719 bits per heavy atom. The van der Waals surface area contributed by atoms with Crippen molar-refractivity contribution in [1.29, 1.82) is 0 Å². The molecule has 0 aliphatic carbocycles. The van der Waals surface area contributed by atoms with Crippen LogP contribution in [0.2, 0.25) is 0 Å². The van der Waals surface area contributed by atoms with Crippen molar-refractivity contribution in [3.63, 3.8) is 0 Å². The minimum absolute atomic E-state index is 0. The fourth-order valence-corrected chi connectivity index (χ4v) is 9.03. The van der Waals surface area contributed by atoms with Crippen molar-refractivity contribution in [2.45, 2.75) is 6.16 Å². The van der Waals surface area contributed by atoms with Gasteiger partial charge in [0.25, 0.3) is 0 Å². The summed E-state index contributed by atoms with van der Waals surface area (Å²) in [5.74, 6) is -0.390. The second kappa shape index (κ2) is 9.79. The number of methoxy groups -OCH3 is 1. The Hall–Kier alpha value is -2.78. The van der Waals surface area contributed by atoms with E-state index in [2.05, 4.69) is 0 Å². The molecule has 4 aromatic carbocycles. The third kappa shape index (κ3) is 4.14. The standard InChI is InChI=1S/C27H25O3P.BrH/c1-30-27(28)23-13-11-12-22(20-23)21-31(29,24-14-5-2-6-15-24,25-16-7-3-8-17-25)26-18-9-4-10-19-26;/h2-20,29H,21H2,1H3;1H. The van der Waals surface area contributed by atoms with Crippen molar-refractivity contribution < 1.29 is 14.4 Å². The van der Waals surface area contributed by atoms with Gasteiger partial charge in [-0.05, 0) is 0 Å². The van der Waals surface area contributed by atoms with Gasteiger partial charge in [-0.15, -0.1) is 17.0 Å². The van der Waals surface area contributed by atoms with Gasteiger partial charge in [-0.2, -0.15) is 0 Å². The molecule has 0 heterocycles. The number of carbonyl (C=O) groups excluding carboxylic acids is 1. The van der Waals surface area contributed by atoms with Crippen LogP contribution in [-0.4, -0.2) is 18.0 Å². The second-order valence-corrected chi connectivity index (χ2v) is 12.0. The average Bonchev–Trinajstić information content (AvgIpc) is 2.85. The number of benzene rings is 4. The maximum absolute atomic E-state index is 13.1. The molecule has 0 saturated heterocycles. The summed E-state index contributed by atoms with van der Waals surface area (Å²) in [5, 5.41) is 2.65. The van der Waals surface area contributed by atoms with E-state index in [-0.39, 0.29) is 23.0 Å². The fraction of sp³-hybridized carbons (Fsp3) is 0.0741. The van der Waals surface area contributed by atoms with Crippen LogP contribution in [0, 0.1) is 0 Å². The van der Waals surface area contributed by atoms with E-state index in [4.69, 9.17) is 4.74 Å². The molecular formula is C27H26BrO3P. The monoisotopic (exact) mass is 508 g/mol. The van der Waals surface area contributed by atoms with Crippen molar-refractivity contribution in [2.75, 3.05) is 7.11 Å². The molecule has 0 fully saturated rings. The molecule has 0 spiro atoms. The summed E-state index contributed by atoms with van der Waals surface area (Å²) < 4.78 is 4.91. The van der Waals surface area contributed by atoms with E-state index < -0.39 is 6.83 Å². The molecule has 5 heteroatoms. The van der Waals surface area contributed by atoms with Gasteiger partial charge in [-0.3, -0.25) is 0 Å². The zero-order chi connectivity index (χ0) is 21.8. The van der Waals surface area contributed by atoms with Gasteiger partial charge in [0.2, 0.25) is 0 Å². The van der Waals surface area contributed by atoms with Gasteiger partial charge in [0, 0.05) is 0 Å². The summed E-state index contributed by atoms with van der Waals surface area (Å²) in [4.78, 5) is 25.3. The van der Waals surface area contributed by atoms with Crippen LogP contribution in [0.4, 0.5) is 0 Å². The fourth-order valence-electron chi connectivity index (χ4n) is 4.24. The van der Waals surface area contributed by atoms with Gasteiger partial charge in [-0.25, -0.2) is 0 Å². The van der Waals surface area contributed by atoms with E-state index in [0.29, 0.717) is 11.7 Å². The van der Waals surface area contributed by atoms with E-state index in [1.807, 2.05) is 109 Å². The molecule has 164 valence electrons. The van der Waals surface area contributed by atoms with Crippen molar-refractivity contribution in [2.24, 2.45) is 0 Å². The molecule has 32 heavy (non-hydrogen) atoms. The Kier molecular flexibility index (Phi) is 7.30. The molecule has 1 N–H and O–H groups in total. The quantitative estimate of drug-likeness (QED) is 0.295. The Labute approximate surface area is 199 Å². The number of hydrogen-bond acceptors (Lipinski definition) is 3. The van der Waals surface area contributed by atoms with Crippen LogP contribution >= 0.6 is 23.8 Å². The van der Waals surface area contributed by atoms with Crippen LogP contribution in [0.5, 0.6) is 0 Å². The van der Waals surface area contributed by atoms with E-state index >= 15 is 0 Å². The number of rotatable bonds is 6. The maximum atomic E-state index is 13.1. The molecule has 0 amide bonds. The topological polar surface area (TPSA) is 46.5 Å². The van der Waals surface area contributed by atoms with Gasteiger partial charge in [0.15, 0.2) is 0 Å². The first-order valence-electron chi connectivity index (χ1n) is 10.2. The van der Waals surface area contributed by atoms with Crippen LogP contribution in [0.3, 0.4) is 0 Å². The van der Waals surface area contributed by atoms with Gasteiger partial charge in [0.05, 0.1) is 0 Å². The van der Waals surface area contributed by atoms with Gasteiger partial charge < -0.3 is 0 Å². The summed E-state index contributed by atoms with van der Waals surface area (Å²) in [5.41, 5.74) is 1.35. The van der Waals surface area contributed by atoms with Crippen LogP contribution in [-0.2, 0) is 10.9 Å². The SMILES string of the molecule is Br.COC(=O)c1cccc(CP(O)(c2ccccc2)(c2ccccc2)c2ccccc2)c1. The summed E-state index contributed by atoms with van der Waals surface area (Å²) in [7, 11) is 1.37. The average molecular weight is 509 g/mol. The normalized spacial score (nSPS) is 12.1. The molecule has 0 unspecified atom stereocenters. The third-order valence-corrected chi connectivity index (χ3v) is 11.0. The first kappa shape index (κ1) is 23.9. The summed E-state index contributed by atoms with van der Waals surface area (Å²) in [6.45, 7) is -3.90. The Balaban J connectivity index is 0.00000289. The summed E-state index contributed by atoms with van der Waals surface area (Å²) >= 11 is 0. The zero-order valence-electron chi connectivity index (χ0n) is 17.8. The van der Waals surface area contributed by atoms with Crippen LogP contribution < -0.4 is 15.9 Å². The molecule has 0 aliphatic heterocycles. The number of hydrogen-bond donors (Lipinski definition) is 1. The van der Waals surface area contributed by atoms with E-state index in [0.717, 1.165) is 21.5 Å². The van der Waals surface area contributed by atoms with Crippen LogP contribution in [0.15, 0.2) is 115 Å². The third-order valence-electron chi connectivity index (χ3n) is 5.78. The van der Waals surface area contributed by atoms with Gasteiger partial charge >= 0.3 is 183 Å². The molecule has 4 aromatic rings. The number of halogens is 1.